The van der Waals surface area contributed by atoms with Gasteiger partial charge in [0.1, 0.15) is 10.4 Å². The zero-order valence-corrected chi connectivity index (χ0v) is 10.1. The van der Waals surface area contributed by atoms with Crippen LogP contribution in [-0.2, 0) is 0 Å². The summed E-state index contributed by atoms with van der Waals surface area (Å²) in [4.78, 5) is 4.26. The predicted molar refractivity (Wildman–Crippen MR) is 62.1 cm³/mol. The second-order valence-corrected chi connectivity index (χ2v) is 4.57. The molecular weight excluding hydrogens is 348 g/mol. The average Bonchev–Trinajstić information content (AvgIpc) is 2.06. The molecule has 0 aliphatic carbocycles. The lowest BCUT2D eigenvalue weighted by Crippen LogP contribution is -1.85. The second kappa shape index (κ2) is 3.49. The van der Waals surface area contributed by atoms with Crippen LogP contribution < -0.4 is 0 Å². The number of rotatable bonds is 0. The summed E-state index contributed by atoms with van der Waals surface area (Å²) in [5.41, 5.74) is 0.830. The second-order valence-electron chi connectivity index (χ2n) is 2.59. The van der Waals surface area contributed by atoms with Crippen LogP contribution in [0.2, 0.25) is 0 Å². The van der Waals surface area contributed by atoms with Gasteiger partial charge < -0.3 is 0 Å². The highest BCUT2D eigenvalue weighted by Crippen LogP contribution is 2.22. The van der Waals surface area contributed by atoms with E-state index in [0.717, 1.165) is 19.1 Å². The maximum atomic E-state index is 13.0. The molecule has 4 heteroatoms. The maximum Gasteiger partial charge on any atom is 0.125 e. The summed E-state index contributed by atoms with van der Waals surface area (Å²) in [7, 11) is 0. The Balaban J connectivity index is 2.87. The third-order valence-corrected chi connectivity index (χ3v) is 2.94. The Morgan fingerprint density at radius 3 is 2.85 bits per heavy atom. The van der Waals surface area contributed by atoms with Crippen LogP contribution in [0.4, 0.5) is 4.39 Å². The Hall–Kier alpha value is -0.230. The molecule has 0 unspecified atom stereocenters. The minimum absolute atomic E-state index is 0.221. The predicted octanol–water partition coefficient (Wildman–Crippen LogP) is 3.74. The van der Waals surface area contributed by atoms with E-state index in [4.69, 9.17) is 0 Å². The van der Waals surface area contributed by atoms with E-state index in [2.05, 4.69) is 43.5 Å². The van der Waals surface area contributed by atoms with Gasteiger partial charge >= 0.3 is 0 Å². The quantitative estimate of drug-likeness (QED) is 0.520. The van der Waals surface area contributed by atoms with Gasteiger partial charge in [0.25, 0.3) is 0 Å². The van der Waals surface area contributed by atoms with Crippen molar-refractivity contribution in [1.82, 2.24) is 4.98 Å². The monoisotopic (exact) mass is 351 g/mol. The van der Waals surface area contributed by atoms with Gasteiger partial charge in [0.15, 0.2) is 0 Å². The molecule has 1 nitrogen and oxygen atoms in total. The van der Waals surface area contributed by atoms with Crippen LogP contribution in [0.5, 0.6) is 0 Å². The lowest BCUT2D eigenvalue weighted by Gasteiger charge is -2.00. The minimum Gasteiger partial charge on any atom is -0.240 e. The number of aromatic nitrogens is 1. The van der Waals surface area contributed by atoms with E-state index < -0.39 is 0 Å². The standard InChI is InChI=1S/C9H4BrFIN/c10-8-2-1-5-3-6(11)4-7(12)9(5)13-8/h1-4H. The molecule has 0 bridgehead atoms. The number of pyridine rings is 1. The number of benzene rings is 1. The van der Waals surface area contributed by atoms with E-state index in [9.17, 15) is 4.39 Å². The highest BCUT2D eigenvalue weighted by atomic mass is 127. The molecule has 0 aliphatic heterocycles. The highest BCUT2D eigenvalue weighted by Gasteiger charge is 2.03. The van der Waals surface area contributed by atoms with Crippen LogP contribution in [0.15, 0.2) is 28.9 Å². The van der Waals surface area contributed by atoms with E-state index in [1.807, 2.05) is 6.07 Å². The van der Waals surface area contributed by atoms with Crippen LogP contribution in [0.25, 0.3) is 10.9 Å². The van der Waals surface area contributed by atoms with Gasteiger partial charge in [-0.1, -0.05) is 0 Å². The van der Waals surface area contributed by atoms with E-state index in [1.165, 1.54) is 12.1 Å². The van der Waals surface area contributed by atoms with Crippen LogP contribution >= 0.6 is 38.5 Å². The fourth-order valence-corrected chi connectivity index (χ4v) is 2.17. The summed E-state index contributed by atoms with van der Waals surface area (Å²) < 4.78 is 14.5. The van der Waals surface area contributed by atoms with Crippen LogP contribution in [0.3, 0.4) is 0 Å². The van der Waals surface area contributed by atoms with E-state index in [0.29, 0.717) is 0 Å². The minimum atomic E-state index is -0.221. The zero-order valence-electron chi connectivity index (χ0n) is 6.39. The van der Waals surface area contributed by atoms with Crippen LogP contribution in [-0.4, -0.2) is 4.98 Å². The number of hydrogen-bond donors (Lipinski definition) is 0. The summed E-state index contributed by atoms with van der Waals surface area (Å²) in [5.74, 6) is -0.221. The van der Waals surface area contributed by atoms with Gasteiger partial charge in [-0.25, -0.2) is 9.37 Å². The fraction of sp³-hybridized carbons (Fsp3) is 0. The van der Waals surface area contributed by atoms with Gasteiger partial charge in [-0.3, -0.25) is 0 Å². The van der Waals surface area contributed by atoms with Gasteiger partial charge in [0.05, 0.1) is 5.52 Å². The van der Waals surface area contributed by atoms with Gasteiger partial charge in [-0.15, -0.1) is 0 Å². The maximum absolute atomic E-state index is 13.0. The van der Waals surface area contributed by atoms with Crippen molar-refractivity contribution in [3.8, 4) is 0 Å². The molecule has 0 spiro atoms. The van der Waals surface area contributed by atoms with E-state index in [1.54, 1.807) is 6.07 Å². The number of halogens is 3. The third kappa shape index (κ3) is 1.83. The molecule has 0 amide bonds. The lowest BCUT2D eigenvalue weighted by molar-refractivity contribution is 0.628. The number of nitrogens with zero attached hydrogens (tertiary/aromatic N) is 1. The smallest absolute Gasteiger partial charge is 0.125 e. The molecule has 0 saturated carbocycles. The van der Waals surface area contributed by atoms with Crippen molar-refractivity contribution in [2.75, 3.05) is 0 Å². The summed E-state index contributed by atoms with van der Waals surface area (Å²) >= 11 is 5.35. The first-order chi connectivity index (χ1) is 6.16. The van der Waals surface area contributed by atoms with Gasteiger partial charge in [0, 0.05) is 8.96 Å². The number of fused-ring (bicyclic) bond motifs is 1. The highest BCUT2D eigenvalue weighted by molar-refractivity contribution is 14.1. The SMILES string of the molecule is Fc1cc(I)c2nc(Br)ccc2c1. The summed E-state index contributed by atoms with van der Waals surface area (Å²) in [5, 5.41) is 0.826. The average molecular weight is 352 g/mol. The molecule has 2 rings (SSSR count). The topological polar surface area (TPSA) is 12.9 Å². The third-order valence-electron chi connectivity index (χ3n) is 1.68. The molecule has 0 atom stereocenters. The van der Waals surface area contributed by atoms with Crippen molar-refractivity contribution in [3.63, 3.8) is 0 Å². The molecule has 0 radical (unpaired) electrons. The Bertz CT molecular complexity index is 472. The molecule has 1 aromatic heterocycles. The zero-order chi connectivity index (χ0) is 9.42. The summed E-state index contributed by atoms with van der Waals surface area (Å²) in [6.45, 7) is 0. The molecule has 2 aromatic rings. The Morgan fingerprint density at radius 2 is 2.08 bits per heavy atom. The summed E-state index contributed by atoms with van der Waals surface area (Å²) in [6.07, 6.45) is 0. The van der Waals surface area contributed by atoms with Crippen molar-refractivity contribution < 1.29 is 4.39 Å². The first-order valence-corrected chi connectivity index (χ1v) is 5.45. The van der Waals surface area contributed by atoms with Crippen molar-refractivity contribution in [1.29, 1.82) is 0 Å². The van der Waals surface area contributed by atoms with Crippen LogP contribution in [0.1, 0.15) is 0 Å². The molecule has 13 heavy (non-hydrogen) atoms. The molecule has 1 heterocycles. The molecule has 0 saturated heterocycles. The molecule has 66 valence electrons. The van der Waals surface area contributed by atoms with Crippen molar-refractivity contribution in [3.05, 3.63) is 38.3 Å². The van der Waals surface area contributed by atoms with E-state index >= 15 is 0 Å². The van der Waals surface area contributed by atoms with Crippen molar-refractivity contribution in [2.24, 2.45) is 0 Å². The van der Waals surface area contributed by atoms with Crippen LogP contribution in [0, 0.1) is 9.39 Å². The van der Waals surface area contributed by atoms with Gasteiger partial charge in [-0.05, 0) is 62.8 Å². The van der Waals surface area contributed by atoms with Gasteiger partial charge in [-0.2, -0.15) is 0 Å². The lowest BCUT2D eigenvalue weighted by atomic mass is 10.2. The Morgan fingerprint density at radius 1 is 1.31 bits per heavy atom. The molecule has 0 N–H and O–H groups in total. The summed E-state index contributed by atoms with van der Waals surface area (Å²) in [6, 6.07) is 6.61. The normalized spacial score (nSPS) is 10.7. The first-order valence-electron chi connectivity index (χ1n) is 3.58. The van der Waals surface area contributed by atoms with Crippen molar-refractivity contribution in [2.45, 2.75) is 0 Å². The molecule has 0 fully saturated rings. The van der Waals surface area contributed by atoms with Gasteiger partial charge in [0.2, 0.25) is 0 Å². The Labute approximate surface area is 96.6 Å². The molecule has 0 aliphatic rings. The molecular formula is C9H4BrFIN. The number of hydrogen-bond acceptors (Lipinski definition) is 1. The van der Waals surface area contributed by atoms with Crippen molar-refractivity contribution >= 4 is 49.4 Å². The van der Waals surface area contributed by atoms with E-state index in [-0.39, 0.29) is 5.82 Å². The largest absolute Gasteiger partial charge is 0.240 e. The Kier molecular flexibility index (Phi) is 2.51. The fourth-order valence-electron chi connectivity index (χ4n) is 1.13. The molecule has 1 aromatic carbocycles. The first kappa shape index (κ1) is 9.33.